The molecule has 0 heterocycles. The standard InChI is InChI=1S/C12H12ClF2NO4/c13-7-3-4-9(20-12(14)15)8(6-7)11(19)16-5-1-2-10(17)18/h3-4,6,12H,1-2,5H2,(H,16,19)(H,17,18). The molecule has 0 atom stereocenters. The summed E-state index contributed by atoms with van der Waals surface area (Å²) in [6, 6.07) is 3.69. The van der Waals surface area contributed by atoms with Gasteiger partial charge in [0.1, 0.15) is 5.75 Å². The lowest BCUT2D eigenvalue weighted by molar-refractivity contribution is -0.137. The molecule has 0 aliphatic rings. The number of halogens is 3. The fourth-order valence-electron chi connectivity index (χ4n) is 1.42. The second-order valence-electron chi connectivity index (χ2n) is 3.77. The molecular weight excluding hydrogens is 296 g/mol. The second-order valence-corrected chi connectivity index (χ2v) is 4.21. The van der Waals surface area contributed by atoms with Crippen LogP contribution in [0.4, 0.5) is 8.78 Å². The van der Waals surface area contributed by atoms with Crippen molar-refractivity contribution in [2.75, 3.05) is 6.54 Å². The van der Waals surface area contributed by atoms with E-state index in [1.165, 1.54) is 18.2 Å². The van der Waals surface area contributed by atoms with Gasteiger partial charge in [-0.05, 0) is 24.6 Å². The van der Waals surface area contributed by atoms with Gasteiger partial charge in [-0.1, -0.05) is 11.6 Å². The number of rotatable bonds is 7. The summed E-state index contributed by atoms with van der Waals surface area (Å²) in [4.78, 5) is 22.1. The predicted molar refractivity (Wildman–Crippen MR) is 67.3 cm³/mol. The summed E-state index contributed by atoms with van der Waals surface area (Å²) >= 11 is 5.70. The molecule has 1 rings (SSSR count). The Morgan fingerprint density at radius 3 is 2.70 bits per heavy atom. The van der Waals surface area contributed by atoms with Crippen LogP contribution in [-0.4, -0.2) is 30.1 Å². The Balaban J connectivity index is 2.70. The Kier molecular flexibility index (Phi) is 6.17. The van der Waals surface area contributed by atoms with Crippen molar-refractivity contribution in [3.05, 3.63) is 28.8 Å². The van der Waals surface area contributed by atoms with Gasteiger partial charge in [-0.15, -0.1) is 0 Å². The minimum Gasteiger partial charge on any atom is -0.481 e. The molecule has 1 aromatic carbocycles. The van der Waals surface area contributed by atoms with E-state index in [0.29, 0.717) is 0 Å². The first-order valence-corrected chi connectivity index (χ1v) is 6.02. The van der Waals surface area contributed by atoms with Crippen molar-refractivity contribution in [2.45, 2.75) is 19.5 Å². The highest BCUT2D eigenvalue weighted by Crippen LogP contribution is 2.24. The number of hydrogen-bond acceptors (Lipinski definition) is 3. The fraction of sp³-hybridized carbons (Fsp3) is 0.333. The summed E-state index contributed by atoms with van der Waals surface area (Å²) in [7, 11) is 0. The molecule has 2 N–H and O–H groups in total. The monoisotopic (exact) mass is 307 g/mol. The normalized spacial score (nSPS) is 10.4. The van der Waals surface area contributed by atoms with Crippen LogP contribution in [0.1, 0.15) is 23.2 Å². The molecule has 0 bridgehead atoms. The molecule has 0 aliphatic carbocycles. The number of aliphatic carboxylic acids is 1. The van der Waals surface area contributed by atoms with Gasteiger partial charge < -0.3 is 15.2 Å². The maximum atomic E-state index is 12.2. The summed E-state index contributed by atoms with van der Waals surface area (Å²) in [6.07, 6.45) is 0.128. The maximum Gasteiger partial charge on any atom is 0.387 e. The van der Waals surface area contributed by atoms with Crippen LogP contribution in [0.2, 0.25) is 5.02 Å². The third-order valence-corrected chi connectivity index (χ3v) is 2.49. The lowest BCUT2D eigenvalue weighted by atomic mass is 10.2. The third-order valence-electron chi connectivity index (χ3n) is 2.26. The van der Waals surface area contributed by atoms with Crippen molar-refractivity contribution < 1.29 is 28.2 Å². The zero-order valence-electron chi connectivity index (χ0n) is 10.2. The molecule has 8 heteroatoms. The van der Waals surface area contributed by atoms with Gasteiger partial charge in [0.05, 0.1) is 5.56 Å². The van der Waals surface area contributed by atoms with E-state index < -0.39 is 18.5 Å². The van der Waals surface area contributed by atoms with Crippen molar-refractivity contribution in [3.8, 4) is 5.75 Å². The Morgan fingerprint density at radius 1 is 1.40 bits per heavy atom. The summed E-state index contributed by atoms with van der Waals surface area (Å²) in [6.45, 7) is -2.96. The van der Waals surface area contributed by atoms with Crippen LogP contribution in [0, 0.1) is 0 Å². The number of nitrogens with one attached hydrogen (secondary N) is 1. The van der Waals surface area contributed by atoms with Gasteiger partial charge in [-0.2, -0.15) is 8.78 Å². The number of carboxylic acids is 1. The molecule has 20 heavy (non-hydrogen) atoms. The maximum absolute atomic E-state index is 12.2. The highest BCUT2D eigenvalue weighted by molar-refractivity contribution is 6.31. The van der Waals surface area contributed by atoms with E-state index in [1.54, 1.807) is 0 Å². The molecule has 0 radical (unpaired) electrons. The van der Waals surface area contributed by atoms with Crippen molar-refractivity contribution in [1.29, 1.82) is 0 Å². The molecule has 0 saturated heterocycles. The van der Waals surface area contributed by atoms with Gasteiger partial charge in [0.25, 0.3) is 5.91 Å². The van der Waals surface area contributed by atoms with Gasteiger partial charge in [0, 0.05) is 18.0 Å². The molecule has 0 aliphatic heterocycles. The minimum atomic E-state index is -3.06. The summed E-state index contributed by atoms with van der Waals surface area (Å²) in [5.74, 6) is -1.93. The Labute approximate surface area is 118 Å². The van der Waals surface area contributed by atoms with Gasteiger partial charge in [0.2, 0.25) is 0 Å². The average Bonchev–Trinajstić information content (AvgIpc) is 2.35. The predicted octanol–water partition coefficient (Wildman–Crippen LogP) is 2.54. The molecule has 0 spiro atoms. The molecular formula is C12H12ClF2NO4. The molecule has 110 valence electrons. The highest BCUT2D eigenvalue weighted by Gasteiger charge is 2.16. The van der Waals surface area contributed by atoms with Crippen molar-refractivity contribution in [1.82, 2.24) is 5.32 Å². The molecule has 1 amide bonds. The summed E-state index contributed by atoms with van der Waals surface area (Å²) in [5.41, 5.74) is -0.131. The zero-order chi connectivity index (χ0) is 15.1. The van der Waals surface area contributed by atoms with Crippen LogP contribution in [0.25, 0.3) is 0 Å². The van der Waals surface area contributed by atoms with Gasteiger partial charge >= 0.3 is 12.6 Å². The zero-order valence-corrected chi connectivity index (χ0v) is 11.0. The quantitative estimate of drug-likeness (QED) is 0.759. The molecule has 0 aromatic heterocycles. The summed E-state index contributed by atoms with van der Waals surface area (Å²) in [5, 5.41) is 11.0. The number of benzene rings is 1. The number of amides is 1. The fourth-order valence-corrected chi connectivity index (χ4v) is 1.59. The van der Waals surface area contributed by atoms with E-state index in [9.17, 15) is 18.4 Å². The second kappa shape index (κ2) is 7.64. The lowest BCUT2D eigenvalue weighted by Gasteiger charge is -2.11. The number of carbonyl (C=O) groups is 2. The molecule has 0 unspecified atom stereocenters. The first-order valence-electron chi connectivity index (χ1n) is 5.64. The van der Waals surface area contributed by atoms with E-state index >= 15 is 0 Å². The smallest absolute Gasteiger partial charge is 0.387 e. The van der Waals surface area contributed by atoms with E-state index in [-0.39, 0.29) is 35.7 Å². The average molecular weight is 308 g/mol. The van der Waals surface area contributed by atoms with Crippen molar-refractivity contribution in [2.24, 2.45) is 0 Å². The number of carboxylic acid groups (broad SMARTS) is 1. The Morgan fingerprint density at radius 2 is 2.10 bits per heavy atom. The topological polar surface area (TPSA) is 75.6 Å². The Hall–Kier alpha value is -1.89. The molecule has 1 aromatic rings. The van der Waals surface area contributed by atoms with Crippen molar-refractivity contribution in [3.63, 3.8) is 0 Å². The van der Waals surface area contributed by atoms with Crippen LogP contribution in [0.5, 0.6) is 5.75 Å². The molecule has 0 saturated carbocycles. The van der Waals surface area contributed by atoms with Crippen molar-refractivity contribution >= 4 is 23.5 Å². The largest absolute Gasteiger partial charge is 0.481 e. The van der Waals surface area contributed by atoms with Gasteiger partial charge in [0.15, 0.2) is 0 Å². The van der Waals surface area contributed by atoms with Gasteiger partial charge in [-0.25, -0.2) is 0 Å². The molecule has 5 nitrogen and oxygen atoms in total. The van der Waals surface area contributed by atoms with Crippen LogP contribution >= 0.6 is 11.6 Å². The highest BCUT2D eigenvalue weighted by atomic mass is 35.5. The summed E-state index contributed by atoms with van der Waals surface area (Å²) < 4.78 is 28.6. The SMILES string of the molecule is O=C(O)CCCNC(=O)c1cc(Cl)ccc1OC(F)F. The van der Waals surface area contributed by atoms with E-state index in [4.69, 9.17) is 16.7 Å². The number of alkyl halides is 2. The van der Waals surface area contributed by atoms with Crippen LogP contribution in [-0.2, 0) is 4.79 Å². The first-order chi connectivity index (χ1) is 9.40. The number of carbonyl (C=O) groups excluding carboxylic acids is 1. The van der Waals surface area contributed by atoms with E-state index in [2.05, 4.69) is 10.1 Å². The van der Waals surface area contributed by atoms with Crippen LogP contribution in [0.15, 0.2) is 18.2 Å². The first kappa shape index (κ1) is 16.2. The molecule has 0 fully saturated rings. The van der Waals surface area contributed by atoms with Crippen LogP contribution in [0.3, 0.4) is 0 Å². The van der Waals surface area contributed by atoms with Gasteiger partial charge in [-0.3, -0.25) is 9.59 Å². The van der Waals surface area contributed by atoms with E-state index in [0.717, 1.165) is 0 Å². The van der Waals surface area contributed by atoms with Crippen LogP contribution < -0.4 is 10.1 Å². The lowest BCUT2D eigenvalue weighted by Crippen LogP contribution is -2.25. The number of ether oxygens (including phenoxy) is 1. The number of hydrogen-bond donors (Lipinski definition) is 2. The van der Waals surface area contributed by atoms with E-state index in [1.807, 2.05) is 0 Å². The minimum absolute atomic E-state index is 0.101. The third kappa shape index (κ3) is 5.40. The Bertz CT molecular complexity index is 496.